The molecule has 0 saturated carbocycles. The molecule has 0 unspecified atom stereocenters. The second-order valence-corrected chi connectivity index (χ2v) is 5.69. The van der Waals surface area contributed by atoms with Crippen LogP contribution in [0.15, 0.2) is 11.4 Å². The van der Waals surface area contributed by atoms with Crippen molar-refractivity contribution in [2.75, 3.05) is 26.3 Å². The SMILES string of the molecule is CC(C)COCCCNC(=O)c1csc(C#CCN)c1. The van der Waals surface area contributed by atoms with Gasteiger partial charge in [-0.2, -0.15) is 0 Å². The van der Waals surface area contributed by atoms with E-state index in [4.69, 9.17) is 10.5 Å². The minimum atomic E-state index is -0.0640. The highest BCUT2D eigenvalue weighted by atomic mass is 32.1. The molecule has 0 fully saturated rings. The number of hydrogen-bond donors (Lipinski definition) is 2. The van der Waals surface area contributed by atoms with Crippen LogP contribution in [0.3, 0.4) is 0 Å². The molecule has 20 heavy (non-hydrogen) atoms. The Morgan fingerprint density at radius 1 is 1.55 bits per heavy atom. The molecule has 1 aromatic rings. The van der Waals surface area contributed by atoms with E-state index in [-0.39, 0.29) is 5.91 Å². The quantitative estimate of drug-likeness (QED) is 0.596. The summed E-state index contributed by atoms with van der Waals surface area (Å²) >= 11 is 1.45. The minimum absolute atomic E-state index is 0.0640. The fourth-order valence-electron chi connectivity index (χ4n) is 1.46. The maximum absolute atomic E-state index is 11.9. The van der Waals surface area contributed by atoms with Crippen LogP contribution in [-0.4, -0.2) is 32.2 Å². The summed E-state index contributed by atoms with van der Waals surface area (Å²) in [7, 11) is 0. The first-order valence-corrected chi connectivity index (χ1v) is 7.65. The highest BCUT2D eigenvalue weighted by Gasteiger charge is 2.07. The van der Waals surface area contributed by atoms with Gasteiger partial charge in [-0.25, -0.2) is 0 Å². The lowest BCUT2D eigenvalue weighted by atomic mass is 10.2. The third kappa shape index (κ3) is 6.71. The van der Waals surface area contributed by atoms with Crippen LogP contribution in [0.1, 0.15) is 35.5 Å². The number of nitrogens with two attached hydrogens (primary N) is 1. The molecule has 1 heterocycles. The van der Waals surface area contributed by atoms with Gasteiger partial charge in [0.15, 0.2) is 0 Å². The smallest absolute Gasteiger partial charge is 0.252 e. The van der Waals surface area contributed by atoms with Crippen LogP contribution in [0, 0.1) is 17.8 Å². The normalized spacial score (nSPS) is 10.2. The van der Waals surface area contributed by atoms with Crippen LogP contribution in [0.4, 0.5) is 0 Å². The van der Waals surface area contributed by atoms with Gasteiger partial charge in [0, 0.05) is 25.1 Å². The van der Waals surface area contributed by atoms with Gasteiger partial charge in [-0.15, -0.1) is 11.3 Å². The van der Waals surface area contributed by atoms with Crippen LogP contribution in [-0.2, 0) is 4.74 Å². The van der Waals surface area contributed by atoms with Crippen molar-refractivity contribution >= 4 is 17.2 Å². The van der Waals surface area contributed by atoms with Crippen molar-refractivity contribution < 1.29 is 9.53 Å². The molecule has 0 saturated heterocycles. The van der Waals surface area contributed by atoms with Gasteiger partial charge in [-0.3, -0.25) is 4.79 Å². The maximum atomic E-state index is 11.9. The molecule has 0 aliphatic rings. The van der Waals surface area contributed by atoms with Gasteiger partial charge in [-0.05, 0) is 18.4 Å². The standard InChI is InChI=1S/C15H22N2O2S/c1-12(2)10-19-8-4-7-17-15(18)13-9-14(20-11-13)5-3-6-16/h9,11-12H,4,6-8,10,16H2,1-2H3,(H,17,18). The minimum Gasteiger partial charge on any atom is -0.381 e. The summed E-state index contributed by atoms with van der Waals surface area (Å²) in [6.07, 6.45) is 0.822. The average Bonchev–Trinajstić information content (AvgIpc) is 2.88. The number of rotatable bonds is 7. The number of hydrogen-bond acceptors (Lipinski definition) is 4. The van der Waals surface area contributed by atoms with Crippen molar-refractivity contribution in [2.24, 2.45) is 11.7 Å². The Labute approximate surface area is 124 Å². The molecule has 0 spiro atoms. The van der Waals surface area contributed by atoms with Gasteiger partial charge in [0.05, 0.1) is 17.0 Å². The molecule has 0 aliphatic carbocycles. The monoisotopic (exact) mass is 294 g/mol. The second-order valence-electron chi connectivity index (χ2n) is 4.78. The topological polar surface area (TPSA) is 64.3 Å². The Balaban J connectivity index is 2.24. The van der Waals surface area contributed by atoms with Crippen molar-refractivity contribution in [3.8, 4) is 11.8 Å². The predicted octanol–water partition coefficient (Wildman–Crippen LogP) is 1.85. The molecule has 5 heteroatoms. The summed E-state index contributed by atoms with van der Waals surface area (Å²) < 4.78 is 5.45. The Hall–Kier alpha value is -1.35. The van der Waals surface area contributed by atoms with Gasteiger partial charge < -0.3 is 15.8 Å². The molecule has 0 aromatic carbocycles. The van der Waals surface area contributed by atoms with Crippen molar-refractivity contribution in [1.82, 2.24) is 5.32 Å². The molecule has 0 atom stereocenters. The molecular formula is C15H22N2O2S. The number of amides is 1. The summed E-state index contributed by atoms with van der Waals surface area (Å²) in [6.45, 7) is 6.62. The van der Waals surface area contributed by atoms with Crippen LogP contribution in [0.25, 0.3) is 0 Å². The zero-order valence-corrected chi connectivity index (χ0v) is 12.9. The van der Waals surface area contributed by atoms with E-state index in [0.29, 0.717) is 31.2 Å². The van der Waals surface area contributed by atoms with Gasteiger partial charge in [0.25, 0.3) is 5.91 Å². The van der Waals surface area contributed by atoms with Gasteiger partial charge in [0.2, 0.25) is 0 Å². The third-order valence-corrected chi connectivity index (χ3v) is 3.22. The summed E-state index contributed by atoms with van der Waals surface area (Å²) in [4.78, 5) is 12.7. The zero-order valence-electron chi connectivity index (χ0n) is 12.1. The van der Waals surface area contributed by atoms with E-state index >= 15 is 0 Å². The Bertz CT molecular complexity index is 472. The number of nitrogens with one attached hydrogen (secondary N) is 1. The number of thiophene rings is 1. The number of carbonyl (C=O) groups excluding carboxylic acids is 1. The van der Waals surface area contributed by atoms with Crippen LogP contribution in [0.5, 0.6) is 0 Å². The molecule has 0 radical (unpaired) electrons. The van der Waals surface area contributed by atoms with Gasteiger partial charge in [-0.1, -0.05) is 25.7 Å². The maximum Gasteiger partial charge on any atom is 0.252 e. The summed E-state index contributed by atoms with van der Waals surface area (Å²) in [5.41, 5.74) is 5.96. The summed E-state index contributed by atoms with van der Waals surface area (Å²) in [5.74, 6) is 6.17. The summed E-state index contributed by atoms with van der Waals surface area (Å²) in [6, 6.07) is 1.79. The highest BCUT2D eigenvalue weighted by molar-refractivity contribution is 7.10. The molecule has 0 aliphatic heterocycles. The fraction of sp³-hybridized carbons (Fsp3) is 0.533. The van der Waals surface area contributed by atoms with Crippen molar-refractivity contribution in [2.45, 2.75) is 20.3 Å². The second kappa shape index (κ2) is 9.54. The largest absolute Gasteiger partial charge is 0.381 e. The Morgan fingerprint density at radius 2 is 2.35 bits per heavy atom. The van der Waals surface area contributed by atoms with E-state index in [1.807, 2.05) is 5.38 Å². The first-order chi connectivity index (χ1) is 9.63. The first-order valence-electron chi connectivity index (χ1n) is 6.77. The number of carbonyl (C=O) groups is 1. The molecule has 1 aromatic heterocycles. The molecule has 1 rings (SSSR count). The highest BCUT2D eigenvalue weighted by Crippen LogP contribution is 2.13. The first kappa shape index (κ1) is 16.7. The average molecular weight is 294 g/mol. The third-order valence-electron chi connectivity index (χ3n) is 2.38. The Kier molecular flexibility index (Phi) is 7.97. The van der Waals surface area contributed by atoms with Crippen molar-refractivity contribution in [3.63, 3.8) is 0 Å². The van der Waals surface area contributed by atoms with Crippen molar-refractivity contribution in [3.05, 3.63) is 21.9 Å². The van der Waals surface area contributed by atoms with E-state index in [1.165, 1.54) is 11.3 Å². The van der Waals surface area contributed by atoms with Crippen LogP contribution >= 0.6 is 11.3 Å². The van der Waals surface area contributed by atoms with Crippen LogP contribution < -0.4 is 11.1 Å². The molecule has 3 N–H and O–H groups in total. The van der Waals surface area contributed by atoms with Crippen molar-refractivity contribution in [1.29, 1.82) is 0 Å². The molecule has 4 nitrogen and oxygen atoms in total. The fourth-order valence-corrected chi connectivity index (χ4v) is 2.21. The van der Waals surface area contributed by atoms with E-state index in [0.717, 1.165) is 17.9 Å². The van der Waals surface area contributed by atoms with E-state index in [2.05, 4.69) is 31.0 Å². The van der Waals surface area contributed by atoms with E-state index in [9.17, 15) is 4.79 Å². The molecule has 1 amide bonds. The summed E-state index contributed by atoms with van der Waals surface area (Å²) in [5, 5.41) is 4.68. The lowest BCUT2D eigenvalue weighted by molar-refractivity contribution is 0.0925. The molecule has 110 valence electrons. The lowest BCUT2D eigenvalue weighted by Crippen LogP contribution is -2.25. The Morgan fingerprint density at radius 3 is 3.05 bits per heavy atom. The van der Waals surface area contributed by atoms with Crippen LogP contribution in [0.2, 0.25) is 0 Å². The predicted molar refractivity (Wildman–Crippen MR) is 82.9 cm³/mol. The van der Waals surface area contributed by atoms with Gasteiger partial charge in [0.1, 0.15) is 0 Å². The van der Waals surface area contributed by atoms with E-state index in [1.54, 1.807) is 6.07 Å². The number of ether oxygens (including phenoxy) is 1. The van der Waals surface area contributed by atoms with E-state index < -0.39 is 0 Å². The molecular weight excluding hydrogens is 272 g/mol. The zero-order chi connectivity index (χ0) is 14.8. The van der Waals surface area contributed by atoms with Gasteiger partial charge >= 0.3 is 0 Å². The lowest BCUT2D eigenvalue weighted by Gasteiger charge is -2.07. The molecule has 0 bridgehead atoms.